The van der Waals surface area contributed by atoms with Gasteiger partial charge in [-0.15, -0.1) is 0 Å². The number of nitrogens with one attached hydrogen (secondary N) is 1. The number of halogens is 2. The molecule has 2 aromatic rings. The fourth-order valence-corrected chi connectivity index (χ4v) is 2.48. The fourth-order valence-electron chi connectivity index (χ4n) is 2.09. The molecule has 1 saturated carbocycles. The minimum absolute atomic E-state index is 0.491. The molecule has 1 aromatic carbocycles. The van der Waals surface area contributed by atoms with Crippen molar-refractivity contribution in [3.8, 4) is 11.3 Å². The molecule has 1 heterocycles. The van der Waals surface area contributed by atoms with Gasteiger partial charge in [-0.25, -0.2) is 9.97 Å². The first kappa shape index (κ1) is 13.7. The highest BCUT2D eigenvalue weighted by atomic mass is 35.5. The van der Waals surface area contributed by atoms with Gasteiger partial charge in [0.2, 0.25) is 0 Å². The van der Waals surface area contributed by atoms with Gasteiger partial charge in [-0.1, -0.05) is 23.2 Å². The molecular weight excluding hydrogens is 293 g/mol. The predicted molar refractivity (Wildman–Crippen MR) is 83.6 cm³/mol. The lowest BCUT2D eigenvalue weighted by Gasteiger charge is -2.10. The first-order chi connectivity index (χ1) is 9.67. The third-order valence-corrected chi connectivity index (χ3v) is 3.81. The second-order valence-corrected chi connectivity index (χ2v) is 5.77. The van der Waals surface area contributed by atoms with Crippen molar-refractivity contribution in [1.29, 1.82) is 0 Å². The first-order valence-electron chi connectivity index (χ1n) is 6.75. The minimum atomic E-state index is 0.491. The molecule has 1 aliphatic rings. The molecule has 0 unspecified atom stereocenters. The Morgan fingerprint density at radius 3 is 2.70 bits per heavy atom. The van der Waals surface area contributed by atoms with E-state index in [0.717, 1.165) is 42.3 Å². The quantitative estimate of drug-likeness (QED) is 0.885. The van der Waals surface area contributed by atoms with Crippen molar-refractivity contribution in [2.75, 3.05) is 11.9 Å². The van der Waals surface area contributed by atoms with Gasteiger partial charge in [-0.2, -0.15) is 0 Å². The summed E-state index contributed by atoms with van der Waals surface area (Å²) in [6, 6.07) is 7.35. The molecule has 3 rings (SSSR count). The maximum Gasteiger partial charge on any atom is 0.134 e. The van der Waals surface area contributed by atoms with Crippen molar-refractivity contribution in [1.82, 2.24) is 9.97 Å². The molecule has 3 nitrogen and oxygen atoms in total. The van der Waals surface area contributed by atoms with Crippen LogP contribution in [0.15, 0.2) is 24.3 Å². The number of nitrogens with zero attached hydrogens (tertiary/aromatic N) is 2. The average molecular weight is 308 g/mol. The van der Waals surface area contributed by atoms with Crippen molar-refractivity contribution in [3.05, 3.63) is 40.1 Å². The summed E-state index contributed by atoms with van der Waals surface area (Å²) in [5.74, 6) is 2.23. The summed E-state index contributed by atoms with van der Waals surface area (Å²) in [6.07, 6.45) is 2.33. The van der Waals surface area contributed by atoms with Crippen LogP contribution in [0.1, 0.15) is 31.5 Å². The van der Waals surface area contributed by atoms with Crippen LogP contribution in [0.4, 0.5) is 5.82 Å². The highest BCUT2D eigenvalue weighted by Crippen LogP contribution is 2.40. The van der Waals surface area contributed by atoms with Gasteiger partial charge in [0.25, 0.3) is 0 Å². The molecule has 0 radical (unpaired) electrons. The molecule has 1 N–H and O–H groups in total. The SMILES string of the molecule is CCNc1cc(-c2cc(Cl)ccc2Cl)nc(C2CC2)n1. The summed E-state index contributed by atoms with van der Waals surface area (Å²) in [7, 11) is 0. The Kier molecular flexibility index (Phi) is 3.81. The summed E-state index contributed by atoms with van der Waals surface area (Å²) in [6.45, 7) is 2.87. The predicted octanol–water partition coefficient (Wildman–Crippen LogP) is 4.76. The van der Waals surface area contributed by atoms with Crippen LogP contribution in [-0.2, 0) is 0 Å². The Morgan fingerprint density at radius 2 is 2.00 bits per heavy atom. The zero-order chi connectivity index (χ0) is 14.1. The molecule has 5 heteroatoms. The Bertz CT molecular complexity index is 639. The number of benzene rings is 1. The summed E-state index contributed by atoms with van der Waals surface area (Å²) in [4.78, 5) is 9.22. The van der Waals surface area contributed by atoms with E-state index in [1.807, 2.05) is 19.1 Å². The molecule has 1 aliphatic carbocycles. The van der Waals surface area contributed by atoms with E-state index in [0.29, 0.717) is 16.0 Å². The molecule has 1 fully saturated rings. The van der Waals surface area contributed by atoms with E-state index in [1.165, 1.54) is 0 Å². The van der Waals surface area contributed by atoms with E-state index in [1.54, 1.807) is 12.1 Å². The van der Waals surface area contributed by atoms with Gasteiger partial charge in [-0.3, -0.25) is 0 Å². The maximum atomic E-state index is 6.27. The second kappa shape index (κ2) is 5.58. The maximum absolute atomic E-state index is 6.27. The smallest absolute Gasteiger partial charge is 0.134 e. The molecule has 0 aliphatic heterocycles. The monoisotopic (exact) mass is 307 g/mol. The van der Waals surface area contributed by atoms with Gasteiger partial charge in [0.15, 0.2) is 0 Å². The summed E-state index contributed by atoms with van der Waals surface area (Å²) in [5, 5.41) is 4.55. The van der Waals surface area contributed by atoms with Crippen LogP contribution in [0, 0.1) is 0 Å². The Morgan fingerprint density at radius 1 is 1.20 bits per heavy atom. The van der Waals surface area contributed by atoms with Crippen LogP contribution < -0.4 is 5.32 Å². The van der Waals surface area contributed by atoms with E-state index in [-0.39, 0.29) is 0 Å². The number of rotatable bonds is 4. The molecule has 1 aromatic heterocycles. The topological polar surface area (TPSA) is 37.8 Å². The summed E-state index contributed by atoms with van der Waals surface area (Å²) in [5.41, 5.74) is 1.67. The molecular formula is C15H15Cl2N3. The van der Waals surface area contributed by atoms with E-state index in [2.05, 4.69) is 15.3 Å². The normalized spacial score (nSPS) is 14.3. The van der Waals surface area contributed by atoms with Crippen molar-refractivity contribution in [2.24, 2.45) is 0 Å². The fraction of sp³-hybridized carbons (Fsp3) is 0.333. The number of anilines is 1. The zero-order valence-corrected chi connectivity index (χ0v) is 12.7. The van der Waals surface area contributed by atoms with Gasteiger partial charge in [-0.05, 0) is 38.0 Å². The standard InChI is InChI=1S/C15H15Cl2N3/c1-2-18-14-8-13(19-15(20-14)9-3-4-9)11-7-10(16)5-6-12(11)17/h5-9H,2-4H2,1H3,(H,18,19,20). The Hall–Kier alpha value is -1.32. The molecule has 104 valence electrons. The third-order valence-electron chi connectivity index (χ3n) is 3.25. The first-order valence-corrected chi connectivity index (χ1v) is 7.51. The van der Waals surface area contributed by atoms with Gasteiger partial charge >= 0.3 is 0 Å². The van der Waals surface area contributed by atoms with Crippen molar-refractivity contribution >= 4 is 29.0 Å². The largest absolute Gasteiger partial charge is 0.370 e. The van der Waals surface area contributed by atoms with Crippen molar-refractivity contribution in [2.45, 2.75) is 25.7 Å². The highest BCUT2D eigenvalue weighted by molar-refractivity contribution is 6.35. The number of hydrogen-bond donors (Lipinski definition) is 1. The van der Waals surface area contributed by atoms with E-state index in [4.69, 9.17) is 23.2 Å². The number of aromatic nitrogens is 2. The van der Waals surface area contributed by atoms with Gasteiger partial charge in [0.05, 0.1) is 10.7 Å². The zero-order valence-electron chi connectivity index (χ0n) is 11.2. The van der Waals surface area contributed by atoms with E-state index >= 15 is 0 Å². The van der Waals surface area contributed by atoms with Crippen molar-refractivity contribution < 1.29 is 0 Å². The highest BCUT2D eigenvalue weighted by Gasteiger charge is 2.27. The van der Waals surface area contributed by atoms with Crippen LogP contribution in [0.2, 0.25) is 10.0 Å². The Labute approximate surface area is 128 Å². The molecule has 20 heavy (non-hydrogen) atoms. The summed E-state index contributed by atoms with van der Waals surface area (Å²) >= 11 is 12.3. The lowest BCUT2D eigenvalue weighted by atomic mass is 10.1. The summed E-state index contributed by atoms with van der Waals surface area (Å²) < 4.78 is 0. The van der Waals surface area contributed by atoms with Crippen LogP contribution in [0.25, 0.3) is 11.3 Å². The molecule has 0 amide bonds. The molecule has 0 spiro atoms. The second-order valence-electron chi connectivity index (χ2n) is 4.93. The van der Waals surface area contributed by atoms with Gasteiger partial charge in [0.1, 0.15) is 11.6 Å². The van der Waals surface area contributed by atoms with Crippen molar-refractivity contribution in [3.63, 3.8) is 0 Å². The number of hydrogen-bond acceptors (Lipinski definition) is 3. The van der Waals surface area contributed by atoms with Crippen LogP contribution >= 0.6 is 23.2 Å². The van der Waals surface area contributed by atoms with Gasteiger partial charge < -0.3 is 5.32 Å². The van der Waals surface area contributed by atoms with E-state index < -0.39 is 0 Å². The lowest BCUT2D eigenvalue weighted by Crippen LogP contribution is -2.04. The average Bonchev–Trinajstić information content (AvgIpc) is 3.26. The third kappa shape index (κ3) is 2.89. The van der Waals surface area contributed by atoms with Gasteiger partial charge in [0, 0.05) is 29.1 Å². The molecule has 0 atom stereocenters. The van der Waals surface area contributed by atoms with Crippen LogP contribution in [-0.4, -0.2) is 16.5 Å². The van der Waals surface area contributed by atoms with E-state index in [9.17, 15) is 0 Å². The molecule has 0 saturated heterocycles. The lowest BCUT2D eigenvalue weighted by molar-refractivity contribution is 0.927. The van der Waals surface area contributed by atoms with Crippen LogP contribution in [0.5, 0.6) is 0 Å². The Balaban J connectivity index is 2.09. The minimum Gasteiger partial charge on any atom is -0.370 e. The molecule has 0 bridgehead atoms. The van der Waals surface area contributed by atoms with Crippen LogP contribution in [0.3, 0.4) is 0 Å².